The molecule has 0 bridgehead atoms. The van der Waals surface area contributed by atoms with E-state index in [4.69, 9.17) is 4.98 Å². The number of nitrogens with one attached hydrogen (secondary N) is 2. The summed E-state index contributed by atoms with van der Waals surface area (Å²) < 4.78 is 2.02. The van der Waals surface area contributed by atoms with E-state index in [1.165, 1.54) is 5.56 Å². The topological polar surface area (TPSA) is 75.1 Å². The van der Waals surface area contributed by atoms with Crippen molar-refractivity contribution in [1.82, 2.24) is 24.8 Å². The van der Waals surface area contributed by atoms with E-state index in [-0.39, 0.29) is 5.91 Å². The van der Waals surface area contributed by atoms with Crippen molar-refractivity contribution in [3.63, 3.8) is 0 Å². The van der Waals surface area contributed by atoms with Crippen molar-refractivity contribution in [2.24, 2.45) is 0 Å². The lowest BCUT2D eigenvalue weighted by atomic mass is 9.79. The monoisotopic (exact) mass is 418 g/mol. The number of aryl methyl sites for hydroxylation is 1. The van der Waals surface area contributed by atoms with E-state index in [0.29, 0.717) is 19.6 Å². The van der Waals surface area contributed by atoms with Gasteiger partial charge >= 0.3 is 0 Å². The summed E-state index contributed by atoms with van der Waals surface area (Å²) in [4.78, 5) is 24.4. The molecule has 2 N–H and O–H groups in total. The standard InChI is InChI=1S/C24H30N6O/c1-24(23(31)26-11-6-13-30-14-12-25-18-30)17-29(2)16-20-9-10-21(28-22(20)24)27-15-19-7-4-3-5-8-19/h3-5,7-10,12,14,18H,6,11,13,15-17H2,1-2H3,(H,26,31)(H,27,28). The Labute approximate surface area is 183 Å². The van der Waals surface area contributed by atoms with Gasteiger partial charge in [-0.25, -0.2) is 9.97 Å². The predicted molar refractivity (Wildman–Crippen MR) is 122 cm³/mol. The van der Waals surface area contributed by atoms with Gasteiger partial charge in [0.05, 0.1) is 12.0 Å². The molecule has 7 nitrogen and oxygen atoms in total. The maximum Gasteiger partial charge on any atom is 0.233 e. The van der Waals surface area contributed by atoms with Crippen LogP contribution in [0.15, 0.2) is 61.2 Å². The Morgan fingerprint density at radius 1 is 1.19 bits per heavy atom. The number of amides is 1. The van der Waals surface area contributed by atoms with E-state index in [0.717, 1.165) is 36.6 Å². The Morgan fingerprint density at radius 3 is 2.81 bits per heavy atom. The van der Waals surface area contributed by atoms with Crippen LogP contribution in [-0.2, 0) is 29.8 Å². The molecule has 0 aliphatic carbocycles. The highest BCUT2D eigenvalue weighted by Crippen LogP contribution is 2.33. The van der Waals surface area contributed by atoms with Crippen molar-refractivity contribution < 1.29 is 4.79 Å². The van der Waals surface area contributed by atoms with Crippen molar-refractivity contribution in [2.45, 2.75) is 38.4 Å². The second-order valence-electron chi connectivity index (χ2n) is 8.46. The first-order valence-corrected chi connectivity index (χ1v) is 10.8. The van der Waals surface area contributed by atoms with Gasteiger partial charge in [0.2, 0.25) is 5.91 Å². The van der Waals surface area contributed by atoms with Gasteiger partial charge in [-0.1, -0.05) is 36.4 Å². The lowest BCUT2D eigenvalue weighted by Crippen LogP contribution is -2.52. The number of benzene rings is 1. The molecule has 0 radical (unpaired) electrons. The Morgan fingerprint density at radius 2 is 2.03 bits per heavy atom. The number of carbonyl (C=O) groups is 1. The molecule has 1 unspecified atom stereocenters. The molecule has 3 heterocycles. The SMILES string of the molecule is CN1Cc2ccc(NCc3ccccc3)nc2C(C)(C(=O)NCCCn2ccnc2)C1. The van der Waals surface area contributed by atoms with Gasteiger partial charge < -0.3 is 20.1 Å². The molecule has 3 aromatic rings. The maximum atomic E-state index is 13.3. The molecule has 0 fully saturated rings. The summed E-state index contributed by atoms with van der Waals surface area (Å²) in [5.74, 6) is 0.824. The third-order valence-corrected chi connectivity index (χ3v) is 5.78. The number of pyridine rings is 1. The van der Waals surface area contributed by atoms with E-state index in [2.05, 4.69) is 45.8 Å². The smallest absolute Gasteiger partial charge is 0.233 e. The van der Waals surface area contributed by atoms with Crippen molar-refractivity contribution in [1.29, 1.82) is 0 Å². The lowest BCUT2D eigenvalue weighted by molar-refractivity contribution is -0.127. The van der Waals surface area contributed by atoms with Gasteiger partial charge in [0, 0.05) is 45.1 Å². The van der Waals surface area contributed by atoms with Gasteiger partial charge in [0.1, 0.15) is 11.2 Å². The molecular formula is C24H30N6O. The zero-order valence-corrected chi connectivity index (χ0v) is 18.2. The van der Waals surface area contributed by atoms with E-state index < -0.39 is 5.41 Å². The molecule has 2 aromatic heterocycles. The molecule has 31 heavy (non-hydrogen) atoms. The minimum atomic E-state index is -0.693. The van der Waals surface area contributed by atoms with Crippen LogP contribution in [0, 0.1) is 0 Å². The normalized spacial score (nSPS) is 18.4. The van der Waals surface area contributed by atoms with Crippen LogP contribution in [0.1, 0.15) is 30.2 Å². The zero-order chi connectivity index (χ0) is 21.7. The van der Waals surface area contributed by atoms with Crippen LogP contribution in [0.3, 0.4) is 0 Å². The molecule has 1 aliphatic heterocycles. The van der Waals surface area contributed by atoms with Crippen LogP contribution in [-0.4, -0.2) is 45.5 Å². The van der Waals surface area contributed by atoms with Gasteiger partial charge in [0.15, 0.2) is 0 Å². The summed E-state index contributed by atoms with van der Waals surface area (Å²) in [6.45, 7) is 5.59. The minimum absolute atomic E-state index is 0.0265. The van der Waals surface area contributed by atoms with Crippen LogP contribution < -0.4 is 10.6 Å². The number of nitrogens with zero attached hydrogens (tertiary/aromatic N) is 4. The Balaban J connectivity index is 1.45. The van der Waals surface area contributed by atoms with Crippen LogP contribution in [0.25, 0.3) is 0 Å². The van der Waals surface area contributed by atoms with Gasteiger partial charge in [-0.3, -0.25) is 4.79 Å². The third kappa shape index (κ3) is 4.94. The fourth-order valence-electron chi connectivity index (χ4n) is 4.20. The zero-order valence-electron chi connectivity index (χ0n) is 18.2. The summed E-state index contributed by atoms with van der Waals surface area (Å²) in [5, 5.41) is 6.54. The fourth-order valence-corrected chi connectivity index (χ4v) is 4.20. The first kappa shape index (κ1) is 21.1. The van der Waals surface area contributed by atoms with E-state index >= 15 is 0 Å². The Kier molecular flexibility index (Phi) is 6.32. The molecule has 1 amide bonds. The number of anilines is 1. The lowest BCUT2D eigenvalue weighted by Gasteiger charge is -2.38. The second kappa shape index (κ2) is 9.31. The molecular weight excluding hydrogens is 388 g/mol. The van der Waals surface area contributed by atoms with Crippen molar-refractivity contribution >= 4 is 11.7 Å². The Bertz CT molecular complexity index is 1000. The number of imidazole rings is 1. The molecule has 1 aliphatic rings. The molecule has 162 valence electrons. The number of rotatable bonds is 8. The van der Waals surface area contributed by atoms with Crippen LogP contribution >= 0.6 is 0 Å². The summed E-state index contributed by atoms with van der Waals surface area (Å²) in [5.41, 5.74) is 2.48. The molecule has 0 saturated carbocycles. The molecule has 0 spiro atoms. The number of carbonyl (C=O) groups excluding carboxylic acids is 1. The van der Waals surface area contributed by atoms with Crippen molar-refractivity contribution in [2.75, 3.05) is 25.5 Å². The summed E-state index contributed by atoms with van der Waals surface area (Å²) in [6.07, 6.45) is 6.35. The molecule has 0 saturated heterocycles. The summed E-state index contributed by atoms with van der Waals surface area (Å²) >= 11 is 0. The van der Waals surface area contributed by atoms with E-state index in [9.17, 15) is 4.79 Å². The summed E-state index contributed by atoms with van der Waals surface area (Å²) in [6, 6.07) is 14.3. The van der Waals surface area contributed by atoms with Crippen molar-refractivity contribution in [3.8, 4) is 0 Å². The number of hydrogen-bond donors (Lipinski definition) is 2. The van der Waals surface area contributed by atoms with Crippen LogP contribution in [0.4, 0.5) is 5.82 Å². The first-order chi connectivity index (χ1) is 15.0. The highest BCUT2D eigenvalue weighted by atomic mass is 16.2. The average molecular weight is 419 g/mol. The quantitative estimate of drug-likeness (QED) is 0.550. The molecule has 4 rings (SSSR count). The number of hydrogen-bond acceptors (Lipinski definition) is 5. The predicted octanol–water partition coefficient (Wildman–Crippen LogP) is 2.80. The number of likely N-dealkylation sites (N-methyl/N-ethyl adjacent to an activating group) is 1. The van der Waals surface area contributed by atoms with Crippen molar-refractivity contribution in [3.05, 3.63) is 78.0 Å². The molecule has 1 atom stereocenters. The minimum Gasteiger partial charge on any atom is -0.366 e. The highest BCUT2D eigenvalue weighted by Gasteiger charge is 2.42. The molecule has 7 heteroatoms. The number of aromatic nitrogens is 3. The van der Waals surface area contributed by atoms with E-state index in [1.54, 1.807) is 12.5 Å². The molecule has 1 aromatic carbocycles. The fraction of sp³-hybridized carbons (Fsp3) is 0.375. The van der Waals surface area contributed by atoms with Gasteiger partial charge in [-0.05, 0) is 37.6 Å². The second-order valence-corrected chi connectivity index (χ2v) is 8.46. The van der Waals surface area contributed by atoms with Gasteiger partial charge in [0.25, 0.3) is 0 Å². The maximum absolute atomic E-state index is 13.3. The first-order valence-electron chi connectivity index (χ1n) is 10.8. The largest absolute Gasteiger partial charge is 0.366 e. The van der Waals surface area contributed by atoms with E-state index in [1.807, 2.05) is 42.0 Å². The van der Waals surface area contributed by atoms with Gasteiger partial charge in [-0.2, -0.15) is 0 Å². The Hall–Kier alpha value is -3.19. The van der Waals surface area contributed by atoms with Crippen LogP contribution in [0.2, 0.25) is 0 Å². The van der Waals surface area contributed by atoms with Crippen LogP contribution in [0.5, 0.6) is 0 Å². The highest BCUT2D eigenvalue weighted by molar-refractivity contribution is 5.88. The number of fused-ring (bicyclic) bond motifs is 1. The average Bonchev–Trinajstić information content (AvgIpc) is 3.29. The third-order valence-electron chi connectivity index (χ3n) is 5.78. The summed E-state index contributed by atoms with van der Waals surface area (Å²) in [7, 11) is 2.05. The van der Waals surface area contributed by atoms with Gasteiger partial charge in [-0.15, -0.1) is 0 Å².